The van der Waals surface area contributed by atoms with Crippen molar-refractivity contribution in [3.05, 3.63) is 35.9 Å². The number of halogens is 2. The molecule has 0 fully saturated rings. The fourth-order valence-electron chi connectivity index (χ4n) is 1.34. The second-order valence-corrected chi connectivity index (χ2v) is 8.07. The Morgan fingerprint density at radius 1 is 1.33 bits per heavy atom. The minimum atomic E-state index is -1.69. The molecule has 1 aromatic carbocycles. The third-order valence-electron chi connectivity index (χ3n) is 2.20. The van der Waals surface area contributed by atoms with Crippen LogP contribution < -0.4 is 5.19 Å². The Bertz CT molecular complexity index is 321. The van der Waals surface area contributed by atoms with Crippen LogP contribution in [0.15, 0.2) is 30.3 Å². The van der Waals surface area contributed by atoms with Gasteiger partial charge in [0.2, 0.25) is 0 Å². The first-order valence-corrected chi connectivity index (χ1v) is 9.35. The van der Waals surface area contributed by atoms with Crippen LogP contribution in [0.2, 0.25) is 0 Å². The predicted molar refractivity (Wildman–Crippen MR) is 73.5 cm³/mol. The van der Waals surface area contributed by atoms with Crippen molar-refractivity contribution in [2.24, 2.45) is 0 Å². The van der Waals surface area contributed by atoms with Crippen LogP contribution in [0, 0.1) is 0 Å². The van der Waals surface area contributed by atoms with Crippen LogP contribution >= 0.6 is 22.2 Å². The van der Waals surface area contributed by atoms with Gasteiger partial charge in [0.25, 0.3) is 7.42 Å². The average molecular weight is 259 g/mol. The topological polar surface area (TPSA) is 0 Å². The van der Waals surface area contributed by atoms with Crippen LogP contribution in [-0.2, 0) is 0 Å². The van der Waals surface area contributed by atoms with Gasteiger partial charge in [0.15, 0.2) is 0 Å². The molecule has 0 aliphatic carbocycles. The lowest BCUT2D eigenvalue weighted by Crippen LogP contribution is -2.17. The number of allylic oxidation sites excluding steroid dienone is 1. The first-order valence-electron chi connectivity index (χ1n) is 5.28. The molecule has 0 amide bonds. The smallest absolute Gasteiger partial charge is 0.144 e. The van der Waals surface area contributed by atoms with Gasteiger partial charge in [-0.05, 0) is 17.2 Å². The SMILES string of the molecule is CCCCC=Cc1cccc([SiH](Cl)Cl)c1. The molecular weight excluding hydrogens is 243 g/mol. The summed E-state index contributed by atoms with van der Waals surface area (Å²) < 4.78 is 0. The van der Waals surface area contributed by atoms with E-state index in [2.05, 4.69) is 31.2 Å². The number of benzene rings is 1. The molecule has 1 aromatic rings. The van der Waals surface area contributed by atoms with Crippen molar-refractivity contribution < 1.29 is 0 Å². The zero-order chi connectivity index (χ0) is 11.1. The molecular formula is C12H16Cl2Si. The van der Waals surface area contributed by atoms with E-state index in [0.717, 1.165) is 11.6 Å². The van der Waals surface area contributed by atoms with E-state index >= 15 is 0 Å². The second kappa shape index (κ2) is 7.10. The molecule has 0 aromatic heterocycles. The van der Waals surface area contributed by atoms with E-state index in [-0.39, 0.29) is 0 Å². The van der Waals surface area contributed by atoms with E-state index in [9.17, 15) is 0 Å². The lowest BCUT2D eigenvalue weighted by molar-refractivity contribution is 0.816. The van der Waals surface area contributed by atoms with Crippen LogP contribution in [0.5, 0.6) is 0 Å². The molecule has 0 saturated carbocycles. The van der Waals surface area contributed by atoms with Gasteiger partial charge < -0.3 is 0 Å². The van der Waals surface area contributed by atoms with E-state index < -0.39 is 7.42 Å². The summed E-state index contributed by atoms with van der Waals surface area (Å²) in [5, 5.41) is 1.09. The lowest BCUT2D eigenvalue weighted by Gasteiger charge is -2.00. The number of rotatable bonds is 5. The van der Waals surface area contributed by atoms with Gasteiger partial charge >= 0.3 is 0 Å². The Balaban J connectivity index is 2.61. The molecule has 15 heavy (non-hydrogen) atoms. The average Bonchev–Trinajstić information content (AvgIpc) is 2.25. The Morgan fingerprint density at radius 2 is 2.13 bits per heavy atom. The highest BCUT2D eigenvalue weighted by molar-refractivity contribution is 7.39. The highest BCUT2D eigenvalue weighted by Crippen LogP contribution is 2.05. The molecule has 0 bridgehead atoms. The van der Waals surface area contributed by atoms with Crippen LogP contribution in [0.1, 0.15) is 31.7 Å². The zero-order valence-corrected chi connectivity index (χ0v) is 11.6. The van der Waals surface area contributed by atoms with Gasteiger partial charge in [0.1, 0.15) is 0 Å². The lowest BCUT2D eigenvalue weighted by atomic mass is 10.2. The van der Waals surface area contributed by atoms with Gasteiger partial charge in [-0.15, -0.1) is 22.2 Å². The number of hydrogen-bond donors (Lipinski definition) is 0. The summed E-state index contributed by atoms with van der Waals surface area (Å²) in [4.78, 5) is 0. The van der Waals surface area contributed by atoms with Crippen molar-refractivity contribution in [2.75, 3.05) is 0 Å². The van der Waals surface area contributed by atoms with Crippen molar-refractivity contribution in [3.8, 4) is 0 Å². The van der Waals surface area contributed by atoms with Crippen molar-refractivity contribution in [3.63, 3.8) is 0 Å². The fraction of sp³-hybridized carbons (Fsp3) is 0.333. The van der Waals surface area contributed by atoms with Crippen LogP contribution in [0.25, 0.3) is 6.08 Å². The van der Waals surface area contributed by atoms with Crippen molar-refractivity contribution in [1.29, 1.82) is 0 Å². The third-order valence-corrected chi connectivity index (χ3v) is 4.57. The molecule has 0 aliphatic rings. The summed E-state index contributed by atoms with van der Waals surface area (Å²) in [5.41, 5.74) is 1.20. The first kappa shape index (κ1) is 12.8. The molecule has 82 valence electrons. The Kier molecular flexibility index (Phi) is 6.07. The molecule has 0 saturated heterocycles. The molecule has 0 nitrogen and oxygen atoms in total. The minimum Gasteiger partial charge on any atom is -0.144 e. The van der Waals surface area contributed by atoms with Crippen molar-refractivity contribution in [2.45, 2.75) is 26.2 Å². The summed E-state index contributed by atoms with van der Waals surface area (Å²) in [6, 6.07) is 8.18. The summed E-state index contributed by atoms with van der Waals surface area (Å²) in [6.45, 7) is 2.20. The Labute approximate surface area is 103 Å². The van der Waals surface area contributed by atoms with Crippen LogP contribution in [-0.4, -0.2) is 7.42 Å². The van der Waals surface area contributed by atoms with Gasteiger partial charge in [-0.2, -0.15) is 0 Å². The fourth-order valence-corrected chi connectivity index (χ4v) is 2.73. The molecule has 0 unspecified atom stereocenters. The zero-order valence-electron chi connectivity index (χ0n) is 8.92. The number of hydrogen-bond acceptors (Lipinski definition) is 0. The highest BCUT2D eigenvalue weighted by Gasteiger charge is 2.04. The maximum Gasteiger partial charge on any atom is 0.266 e. The minimum absolute atomic E-state index is 1.09. The van der Waals surface area contributed by atoms with Gasteiger partial charge in [-0.25, -0.2) is 0 Å². The molecule has 0 spiro atoms. The van der Waals surface area contributed by atoms with E-state index in [0.29, 0.717) is 0 Å². The standard InChI is InChI=1S/C12H16Cl2Si/c1-2-3-4-5-7-11-8-6-9-12(10-11)15(13)14/h5-10,15H,2-4H2,1H3. The monoisotopic (exact) mass is 258 g/mol. The first-order chi connectivity index (χ1) is 7.24. The molecule has 0 aliphatic heterocycles. The summed E-state index contributed by atoms with van der Waals surface area (Å²) in [6.07, 6.45) is 7.98. The van der Waals surface area contributed by atoms with Gasteiger partial charge in [0, 0.05) is 0 Å². The summed E-state index contributed by atoms with van der Waals surface area (Å²) in [7, 11) is -1.69. The van der Waals surface area contributed by atoms with E-state index in [1.165, 1.54) is 18.4 Å². The quantitative estimate of drug-likeness (QED) is 0.428. The molecule has 0 radical (unpaired) electrons. The van der Waals surface area contributed by atoms with E-state index in [4.69, 9.17) is 22.2 Å². The second-order valence-electron chi connectivity index (χ2n) is 3.52. The summed E-state index contributed by atoms with van der Waals surface area (Å²) >= 11 is 11.9. The van der Waals surface area contributed by atoms with Crippen LogP contribution in [0.4, 0.5) is 0 Å². The van der Waals surface area contributed by atoms with Crippen molar-refractivity contribution >= 4 is 40.8 Å². The Hall–Kier alpha value is -0.243. The molecule has 0 N–H and O–H groups in total. The normalized spacial score (nSPS) is 11.5. The summed E-state index contributed by atoms with van der Waals surface area (Å²) in [5.74, 6) is 0. The van der Waals surface area contributed by atoms with Crippen LogP contribution in [0.3, 0.4) is 0 Å². The number of unbranched alkanes of at least 4 members (excludes halogenated alkanes) is 2. The predicted octanol–water partition coefficient (Wildman–Crippen LogP) is 3.80. The van der Waals surface area contributed by atoms with E-state index in [1.807, 2.05) is 12.1 Å². The highest BCUT2D eigenvalue weighted by atomic mass is 35.7. The molecule has 0 atom stereocenters. The largest absolute Gasteiger partial charge is 0.266 e. The van der Waals surface area contributed by atoms with Gasteiger partial charge in [-0.1, -0.05) is 56.2 Å². The molecule has 1 rings (SSSR count). The van der Waals surface area contributed by atoms with Gasteiger partial charge in [0.05, 0.1) is 0 Å². The maximum atomic E-state index is 5.94. The van der Waals surface area contributed by atoms with Gasteiger partial charge in [-0.3, -0.25) is 0 Å². The van der Waals surface area contributed by atoms with E-state index in [1.54, 1.807) is 0 Å². The molecule has 3 heteroatoms. The maximum absolute atomic E-state index is 5.94. The Morgan fingerprint density at radius 3 is 2.80 bits per heavy atom. The third kappa shape index (κ3) is 4.87. The van der Waals surface area contributed by atoms with Crippen molar-refractivity contribution in [1.82, 2.24) is 0 Å². The molecule has 0 heterocycles.